The van der Waals surface area contributed by atoms with Crippen LogP contribution >= 0.6 is 27.3 Å². The van der Waals surface area contributed by atoms with Gasteiger partial charge in [0.15, 0.2) is 0 Å². The quantitative estimate of drug-likeness (QED) is 0.932. The van der Waals surface area contributed by atoms with Crippen molar-refractivity contribution in [1.29, 1.82) is 0 Å². The Morgan fingerprint density at radius 1 is 1.47 bits per heavy atom. The van der Waals surface area contributed by atoms with E-state index in [0.29, 0.717) is 11.0 Å². The lowest BCUT2D eigenvalue weighted by molar-refractivity contribution is 0.621. The number of thiazole rings is 1. The maximum Gasteiger partial charge on any atom is 0.137 e. The zero-order valence-electron chi connectivity index (χ0n) is 7.71. The van der Waals surface area contributed by atoms with Gasteiger partial charge in [-0.1, -0.05) is 0 Å². The first kappa shape index (κ1) is 10.6. The molecule has 0 atom stereocenters. The Balaban J connectivity index is 2.02. The van der Waals surface area contributed by atoms with Crippen LogP contribution in [0.1, 0.15) is 5.01 Å². The number of nitrogens with zero attached hydrogens (tertiary/aromatic N) is 1. The minimum Gasteiger partial charge on any atom is -0.378 e. The number of rotatable bonds is 3. The maximum atomic E-state index is 12.9. The Kier molecular flexibility index (Phi) is 3.33. The van der Waals surface area contributed by atoms with Crippen LogP contribution in [0.25, 0.3) is 0 Å². The second kappa shape index (κ2) is 4.72. The first-order valence-corrected chi connectivity index (χ1v) is 6.00. The molecule has 0 unspecified atom stereocenters. The zero-order chi connectivity index (χ0) is 10.7. The van der Waals surface area contributed by atoms with Crippen molar-refractivity contribution in [2.75, 3.05) is 5.32 Å². The molecule has 0 spiro atoms. The molecule has 0 fully saturated rings. The average molecular weight is 287 g/mol. The van der Waals surface area contributed by atoms with Gasteiger partial charge in [0.05, 0.1) is 11.0 Å². The normalized spacial score (nSPS) is 10.3. The molecule has 0 aliphatic heterocycles. The summed E-state index contributed by atoms with van der Waals surface area (Å²) in [6, 6.07) is 4.84. The molecule has 1 heterocycles. The molecule has 1 N–H and O–H groups in total. The Labute approximate surface area is 99.3 Å². The summed E-state index contributed by atoms with van der Waals surface area (Å²) in [6.45, 7) is 0.662. The van der Waals surface area contributed by atoms with Crippen LogP contribution in [0.15, 0.2) is 34.2 Å². The van der Waals surface area contributed by atoms with Crippen molar-refractivity contribution < 1.29 is 4.39 Å². The van der Waals surface area contributed by atoms with Gasteiger partial charge in [0, 0.05) is 17.3 Å². The van der Waals surface area contributed by atoms with Crippen LogP contribution in [0.3, 0.4) is 0 Å². The van der Waals surface area contributed by atoms with E-state index in [4.69, 9.17) is 0 Å². The summed E-state index contributed by atoms with van der Waals surface area (Å²) < 4.78 is 13.4. The third-order valence-corrected chi connectivity index (χ3v) is 3.23. The number of halogens is 2. The molecule has 0 aliphatic rings. The minimum absolute atomic E-state index is 0.255. The fraction of sp³-hybridized carbons (Fsp3) is 0.100. The molecule has 1 aromatic heterocycles. The molecule has 78 valence electrons. The summed E-state index contributed by atoms with van der Waals surface area (Å²) in [5.74, 6) is -0.255. The summed E-state index contributed by atoms with van der Waals surface area (Å²) >= 11 is 4.73. The second-order valence-corrected chi connectivity index (χ2v) is 4.74. The standard InChI is InChI=1S/C10H8BrFN2S/c11-8-5-7(1-2-9(8)12)14-6-10-13-3-4-15-10/h1-5,14H,6H2. The third-order valence-electron chi connectivity index (χ3n) is 1.85. The number of anilines is 1. The van der Waals surface area contributed by atoms with Crippen molar-refractivity contribution in [2.45, 2.75) is 6.54 Å². The van der Waals surface area contributed by atoms with Crippen LogP contribution in [0.4, 0.5) is 10.1 Å². The molecule has 5 heteroatoms. The van der Waals surface area contributed by atoms with Crippen molar-refractivity contribution in [3.05, 3.63) is 45.1 Å². The fourth-order valence-electron chi connectivity index (χ4n) is 1.12. The molecule has 0 amide bonds. The van der Waals surface area contributed by atoms with Crippen molar-refractivity contribution in [3.8, 4) is 0 Å². The molecule has 0 saturated heterocycles. The average Bonchev–Trinajstić information content (AvgIpc) is 2.73. The lowest BCUT2D eigenvalue weighted by Crippen LogP contribution is -1.98. The fourth-order valence-corrected chi connectivity index (χ4v) is 2.06. The number of hydrogen-bond donors (Lipinski definition) is 1. The molecule has 15 heavy (non-hydrogen) atoms. The Hall–Kier alpha value is -0.940. The third kappa shape index (κ3) is 2.76. The van der Waals surface area contributed by atoms with Crippen LogP contribution in [-0.2, 0) is 6.54 Å². The number of aromatic nitrogens is 1. The van der Waals surface area contributed by atoms with E-state index < -0.39 is 0 Å². The molecule has 2 nitrogen and oxygen atoms in total. The second-order valence-electron chi connectivity index (χ2n) is 2.91. The highest BCUT2D eigenvalue weighted by atomic mass is 79.9. The van der Waals surface area contributed by atoms with Crippen LogP contribution in [0.5, 0.6) is 0 Å². The molecule has 0 saturated carbocycles. The zero-order valence-corrected chi connectivity index (χ0v) is 10.1. The van der Waals surface area contributed by atoms with Gasteiger partial charge in [0.1, 0.15) is 10.8 Å². The monoisotopic (exact) mass is 286 g/mol. The van der Waals surface area contributed by atoms with E-state index in [9.17, 15) is 4.39 Å². The van der Waals surface area contributed by atoms with Crippen LogP contribution < -0.4 is 5.32 Å². The largest absolute Gasteiger partial charge is 0.378 e. The van der Waals surface area contributed by atoms with Crippen LogP contribution in [0, 0.1) is 5.82 Å². The van der Waals surface area contributed by atoms with Gasteiger partial charge in [0.2, 0.25) is 0 Å². The van der Waals surface area contributed by atoms with E-state index in [1.807, 2.05) is 5.38 Å². The van der Waals surface area contributed by atoms with Gasteiger partial charge in [0.25, 0.3) is 0 Å². The first-order valence-electron chi connectivity index (χ1n) is 4.33. The molecule has 0 aliphatic carbocycles. The van der Waals surface area contributed by atoms with E-state index in [1.165, 1.54) is 6.07 Å². The van der Waals surface area contributed by atoms with Gasteiger partial charge in [-0.3, -0.25) is 0 Å². The lowest BCUT2D eigenvalue weighted by atomic mass is 10.3. The smallest absolute Gasteiger partial charge is 0.137 e. The number of nitrogens with one attached hydrogen (secondary N) is 1. The van der Waals surface area contributed by atoms with E-state index in [0.717, 1.165) is 10.7 Å². The molecule has 0 bridgehead atoms. The summed E-state index contributed by atoms with van der Waals surface area (Å²) in [5.41, 5.74) is 0.874. The molecule has 2 rings (SSSR count). The predicted octanol–water partition coefficient (Wildman–Crippen LogP) is 3.66. The molecule has 0 radical (unpaired) electrons. The lowest BCUT2D eigenvalue weighted by Gasteiger charge is -2.04. The van der Waals surface area contributed by atoms with E-state index in [1.54, 1.807) is 29.7 Å². The van der Waals surface area contributed by atoms with Gasteiger partial charge in [-0.05, 0) is 34.1 Å². The summed E-state index contributed by atoms with van der Waals surface area (Å²) in [5, 5.41) is 6.10. The van der Waals surface area contributed by atoms with E-state index in [2.05, 4.69) is 26.2 Å². The van der Waals surface area contributed by atoms with Gasteiger partial charge in [-0.15, -0.1) is 11.3 Å². The summed E-state index contributed by atoms with van der Waals surface area (Å²) in [7, 11) is 0. The van der Waals surface area contributed by atoms with E-state index in [-0.39, 0.29) is 5.82 Å². The van der Waals surface area contributed by atoms with Gasteiger partial charge in [-0.25, -0.2) is 9.37 Å². The highest BCUT2D eigenvalue weighted by molar-refractivity contribution is 9.10. The molecule has 1 aromatic carbocycles. The Morgan fingerprint density at radius 3 is 3.00 bits per heavy atom. The maximum absolute atomic E-state index is 12.9. The first-order chi connectivity index (χ1) is 7.25. The van der Waals surface area contributed by atoms with E-state index >= 15 is 0 Å². The van der Waals surface area contributed by atoms with Gasteiger partial charge < -0.3 is 5.32 Å². The molecular formula is C10H8BrFN2S. The van der Waals surface area contributed by atoms with Crippen LogP contribution in [-0.4, -0.2) is 4.98 Å². The number of hydrogen-bond acceptors (Lipinski definition) is 3. The van der Waals surface area contributed by atoms with Crippen molar-refractivity contribution in [1.82, 2.24) is 4.98 Å². The van der Waals surface area contributed by atoms with Crippen molar-refractivity contribution in [3.63, 3.8) is 0 Å². The van der Waals surface area contributed by atoms with Crippen molar-refractivity contribution >= 4 is 33.0 Å². The van der Waals surface area contributed by atoms with Gasteiger partial charge in [-0.2, -0.15) is 0 Å². The molecule has 2 aromatic rings. The Morgan fingerprint density at radius 2 is 2.33 bits per heavy atom. The topological polar surface area (TPSA) is 24.9 Å². The highest BCUT2D eigenvalue weighted by Crippen LogP contribution is 2.20. The summed E-state index contributed by atoms with van der Waals surface area (Å²) in [4.78, 5) is 4.14. The van der Waals surface area contributed by atoms with Crippen molar-refractivity contribution in [2.24, 2.45) is 0 Å². The predicted molar refractivity (Wildman–Crippen MR) is 63.5 cm³/mol. The summed E-state index contributed by atoms with van der Waals surface area (Å²) in [6.07, 6.45) is 1.77. The minimum atomic E-state index is -0.255. The Bertz CT molecular complexity index is 445. The SMILES string of the molecule is Fc1ccc(NCc2nccs2)cc1Br. The highest BCUT2D eigenvalue weighted by Gasteiger charge is 2.00. The number of benzene rings is 1. The molecular weight excluding hydrogens is 279 g/mol. The van der Waals surface area contributed by atoms with Crippen LogP contribution in [0.2, 0.25) is 0 Å². The van der Waals surface area contributed by atoms with Gasteiger partial charge >= 0.3 is 0 Å².